The van der Waals surface area contributed by atoms with E-state index in [4.69, 9.17) is 10.2 Å². The zero-order valence-electron chi connectivity index (χ0n) is 6.00. The second-order valence-corrected chi connectivity index (χ2v) is 1.78. The van der Waals surface area contributed by atoms with Crippen LogP contribution >= 0.6 is 0 Å². The van der Waals surface area contributed by atoms with Gasteiger partial charge in [0, 0.05) is 6.42 Å². The summed E-state index contributed by atoms with van der Waals surface area (Å²) in [6.45, 7) is 1.72. The fourth-order valence-corrected chi connectivity index (χ4v) is 0.433. The predicted octanol–water partition coefficient (Wildman–Crippen LogP) is 0.185. The number of hydrogen-bond donors (Lipinski definition) is 2. The SMILES string of the molecule is CCC#CC(C(=O)O)C(=O)O. The lowest BCUT2D eigenvalue weighted by Crippen LogP contribution is -2.21. The van der Waals surface area contributed by atoms with Gasteiger partial charge < -0.3 is 10.2 Å². The fourth-order valence-electron chi connectivity index (χ4n) is 0.433. The van der Waals surface area contributed by atoms with Crippen molar-refractivity contribution < 1.29 is 19.8 Å². The van der Waals surface area contributed by atoms with Crippen molar-refractivity contribution in [2.24, 2.45) is 5.92 Å². The summed E-state index contributed by atoms with van der Waals surface area (Å²) in [6.07, 6.45) is 0.455. The highest BCUT2D eigenvalue weighted by atomic mass is 16.4. The van der Waals surface area contributed by atoms with Gasteiger partial charge in [0.2, 0.25) is 5.92 Å². The fraction of sp³-hybridized carbons (Fsp3) is 0.429. The lowest BCUT2D eigenvalue weighted by molar-refractivity contribution is -0.151. The molecule has 60 valence electrons. The van der Waals surface area contributed by atoms with Crippen molar-refractivity contribution >= 4 is 11.9 Å². The summed E-state index contributed by atoms with van der Waals surface area (Å²) in [5.74, 6) is 0.0944. The molecule has 0 heterocycles. The van der Waals surface area contributed by atoms with Crippen molar-refractivity contribution in [2.45, 2.75) is 13.3 Å². The molecule has 0 aliphatic carbocycles. The molecule has 0 aliphatic rings. The van der Waals surface area contributed by atoms with Gasteiger partial charge in [-0.2, -0.15) is 0 Å². The smallest absolute Gasteiger partial charge is 0.330 e. The maximum Gasteiger partial charge on any atom is 0.330 e. The first-order valence-electron chi connectivity index (χ1n) is 3.03. The van der Waals surface area contributed by atoms with Gasteiger partial charge in [0.15, 0.2) is 0 Å². The highest BCUT2D eigenvalue weighted by Gasteiger charge is 2.22. The maximum absolute atomic E-state index is 10.2. The third kappa shape index (κ3) is 3.26. The molecule has 2 N–H and O–H groups in total. The first kappa shape index (κ1) is 9.50. The third-order valence-corrected chi connectivity index (χ3v) is 0.917. The highest BCUT2D eigenvalue weighted by Crippen LogP contribution is 1.94. The Hall–Kier alpha value is -1.50. The minimum absolute atomic E-state index is 0.455. The van der Waals surface area contributed by atoms with E-state index < -0.39 is 17.9 Å². The molecule has 0 atom stereocenters. The van der Waals surface area contributed by atoms with Crippen LogP contribution in [0.15, 0.2) is 0 Å². The molecule has 0 amide bonds. The minimum atomic E-state index is -1.59. The van der Waals surface area contributed by atoms with Gasteiger partial charge in [-0.1, -0.05) is 12.8 Å². The average Bonchev–Trinajstić information content (AvgIpc) is 1.87. The lowest BCUT2D eigenvalue weighted by atomic mass is 10.1. The molecule has 11 heavy (non-hydrogen) atoms. The Balaban J connectivity index is 4.36. The van der Waals surface area contributed by atoms with Gasteiger partial charge in [-0.05, 0) is 0 Å². The van der Waals surface area contributed by atoms with Crippen molar-refractivity contribution in [1.82, 2.24) is 0 Å². The number of hydrogen-bond acceptors (Lipinski definition) is 2. The van der Waals surface area contributed by atoms with Gasteiger partial charge in [-0.25, -0.2) is 0 Å². The second-order valence-electron chi connectivity index (χ2n) is 1.78. The van der Waals surface area contributed by atoms with E-state index in [0.717, 1.165) is 0 Å². The van der Waals surface area contributed by atoms with Crippen molar-refractivity contribution in [2.75, 3.05) is 0 Å². The van der Waals surface area contributed by atoms with Crippen LogP contribution in [0.1, 0.15) is 13.3 Å². The molecule has 0 fully saturated rings. The summed E-state index contributed by atoms with van der Waals surface area (Å²) in [5.41, 5.74) is 0. The van der Waals surface area contributed by atoms with Crippen LogP contribution in [-0.2, 0) is 9.59 Å². The molecule has 0 bridgehead atoms. The van der Waals surface area contributed by atoms with Crippen LogP contribution in [0, 0.1) is 17.8 Å². The average molecular weight is 156 g/mol. The largest absolute Gasteiger partial charge is 0.480 e. The van der Waals surface area contributed by atoms with E-state index in [1.165, 1.54) is 0 Å². The molecule has 4 nitrogen and oxygen atoms in total. The molecule has 0 aliphatic heterocycles. The van der Waals surface area contributed by atoms with Crippen LogP contribution in [0.25, 0.3) is 0 Å². The summed E-state index contributed by atoms with van der Waals surface area (Å²) in [5, 5.41) is 16.6. The summed E-state index contributed by atoms with van der Waals surface area (Å²) < 4.78 is 0. The second kappa shape index (κ2) is 4.34. The van der Waals surface area contributed by atoms with E-state index in [1.807, 2.05) is 0 Å². The zero-order valence-corrected chi connectivity index (χ0v) is 6.00. The number of aliphatic carboxylic acids is 2. The summed E-state index contributed by atoms with van der Waals surface area (Å²) >= 11 is 0. The van der Waals surface area contributed by atoms with E-state index in [0.29, 0.717) is 6.42 Å². The van der Waals surface area contributed by atoms with Crippen LogP contribution in [0.3, 0.4) is 0 Å². The zero-order chi connectivity index (χ0) is 8.85. The molecule has 0 saturated heterocycles. The van der Waals surface area contributed by atoms with Crippen LogP contribution in [0.5, 0.6) is 0 Å². The Bertz CT molecular complexity index is 206. The number of carboxylic acids is 2. The Kier molecular flexibility index (Phi) is 3.75. The molecule has 0 saturated carbocycles. The van der Waals surface area contributed by atoms with Crippen LogP contribution in [0.4, 0.5) is 0 Å². The van der Waals surface area contributed by atoms with Crippen molar-refractivity contribution in [1.29, 1.82) is 0 Å². The molecular weight excluding hydrogens is 148 g/mol. The standard InChI is InChI=1S/C7H8O4/c1-2-3-4-5(6(8)9)7(10)11/h5H,2H2,1H3,(H,8,9)(H,10,11). The molecule has 0 radical (unpaired) electrons. The predicted molar refractivity (Wildman–Crippen MR) is 36.8 cm³/mol. The molecular formula is C7H8O4. The molecule has 0 unspecified atom stereocenters. The third-order valence-electron chi connectivity index (χ3n) is 0.917. The Morgan fingerprint density at radius 3 is 2.09 bits per heavy atom. The topological polar surface area (TPSA) is 74.6 Å². The summed E-state index contributed by atoms with van der Waals surface area (Å²) in [6, 6.07) is 0. The maximum atomic E-state index is 10.2. The van der Waals surface area contributed by atoms with E-state index in [-0.39, 0.29) is 0 Å². The molecule has 0 rings (SSSR count). The first-order valence-corrected chi connectivity index (χ1v) is 3.03. The van der Waals surface area contributed by atoms with Gasteiger partial charge in [0.25, 0.3) is 0 Å². The number of carbonyl (C=O) groups is 2. The molecule has 4 heteroatoms. The first-order chi connectivity index (χ1) is 5.09. The summed E-state index contributed by atoms with van der Waals surface area (Å²) in [7, 11) is 0. The Morgan fingerprint density at radius 1 is 1.36 bits per heavy atom. The normalized spacial score (nSPS) is 8.55. The van der Waals surface area contributed by atoms with Crippen molar-refractivity contribution in [3.05, 3.63) is 0 Å². The number of rotatable bonds is 2. The van der Waals surface area contributed by atoms with E-state index in [2.05, 4.69) is 11.8 Å². The van der Waals surface area contributed by atoms with Gasteiger partial charge in [-0.15, -0.1) is 5.92 Å². The van der Waals surface area contributed by atoms with Crippen molar-refractivity contribution in [3.8, 4) is 11.8 Å². The van der Waals surface area contributed by atoms with Crippen LogP contribution in [0.2, 0.25) is 0 Å². The van der Waals surface area contributed by atoms with Gasteiger partial charge in [0.05, 0.1) is 0 Å². The molecule has 0 aromatic heterocycles. The molecule has 0 aromatic carbocycles. The monoisotopic (exact) mass is 156 g/mol. The van der Waals surface area contributed by atoms with Crippen molar-refractivity contribution in [3.63, 3.8) is 0 Å². The van der Waals surface area contributed by atoms with Crippen LogP contribution in [-0.4, -0.2) is 22.2 Å². The van der Waals surface area contributed by atoms with E-state index in [9.17, 15) is 9.59 Å². The quantitative estimate of drug-likeness (QED) is 0.442. The molecule has 0 aromatic rings. The Morgan fingerprint density at radius 2 is 1.82 bits per heavy atom. The minimum Gasteiger partial charge on any atom is -0.480 e. The molecule has 0 spiro atoms. The highest BCUT2D eigenvalue weighted by molar-refractivity contribution is 5.96. The van der Waals surface area contributed by atoms with Crippen LogP contribution < -0.4 is 0 Å². The van der Waals surface area contributed by atoms with Gasteiger partial charge >= 0.3 is 11.9 Å². The van der Waals surface area contributed by atoms with Gasteiger partial charge in [-0.3, -0.25) is 9.59 Å². The van der Waals surface area contributed by atoms with Gasteiger partial charge in [0.1, 0.15) is 0 Å². The van der Waals surface area contributed by atoms with E-state index in [1.54, 1.807) is 6.92 Å². The lowest BCUT2D eigenvalue weighted by Gasteiger charge is -1.95. The van der Waals surface area contributed by atoms with E-state index >= 15 is 0 Å². The summed E-state index contributed by atoms with van der Waals surface area (Å²) in [4.78, 5) is 20.3. The Labute approximate surface area is 63.8 Å². The number of carboxylic acid groups (broad SMARTS) is 2.